The van der Waals surface area contributed by atoms with E-state index in [0.29, 0.717) is 12.1 Å². The van der Waals surface area contributed by atoms with E-state index in [0.717, 1.165) is 24.7 Å². The fourth-order valence-corrected chi connectivity index (χ4v) is 2.34. The van der Waals surface area contributed by atoms with Gasteiger partial charge in [0.2, 0.25) is 0 Å². The molecule has 0 amide bonds. The molecule has 0 aliphatic carbocycles. The lowest BCUT2D eigenvalue weighted by atomic mass is 10.0. The average Bonchev–Trinajstić information content (AvgIpc) is 2.88. The predicted molar refractivity (Wildman–Crippen MR) is 67.1 cm³/mol. The molecular formula is C13H26N2. The topological polar surface area (TPSA) is 15.4 Å². The molecule has 2 atom stereocenters. The third kappa shape index (κ3) is 2.73. The highest BCUT2D eigenvalue weighted by molar-refractivity contribution is 5.83. The maximum Gasteiger partial charge on any atom is 0.0720 e. The summed E-state index contributed by atoms with van der Waals surface area (Å²) < 4.78 is 0. The molecule has 0 aromatic heterocycles. The predicted octanol–water partition coefficient (Wildman–Crippen LogP) is 3.53. The monoisotopic (exact) mass is 210 g/mol. The standard InChI is InChI=1S/C13H26N2/c1-7-11(8-2)14-15-12(9(3)4)13(15)10(5)6/h9-10,12-13H,7-8H2,1-6H3/t12-,13-/m0/s1. The molecule has 0 bridgehead atoms. The summed E-state index contributed by atoms with van der Waals surface area (Å²) >= 11 is 0. The highest BCUT2D eigenvalue weighted by Gasteiger charge is 2.50. The lowest BCUT2D eigenvalue weighted by molar-refractivity contribution is 0.436. The molecule has 1 aliphatic heterocycles. The molecule has 15 heavy (non-hydrogen) atoms. The van der Waals surface area contributed by atoms with Crippen molar-refractivity contribution in [3.63, 3.8) is 0 Å². The van der Waals surface area contributed by atoms with Crippen LogP contribution < -0.4 is 0 Å². The van der Waals surface area contributed by atoms with Crippen molar-refractivity contribution in [2.75, 3.05) is 0 Å². The molecule has 2 nitrogen and oxygen atoms in total. The van der Waals surface area contributed by atoms with Crippen LogP contribution in [0.1, 0.15) is 54.4 Å². The van der Waals surface area contributed by atoms with Gasteiger partial charge in [0.15, 0.2) is 0 Å². The Hall–Kier alpha value is -0.530. The Labute approximate surface area is 94.7 Å². The molecule has 88 valence electrons. The minimum Gasteiger partial charge on any atom is -0.286 e. The van der Waals surface area contributed by atoms with E-state index in [-0.39, 0.29) is 0 Å². The SMILES string of the molecule is CCC(CC)=NN1[C@@H](C(C)C)[C@@H]1C(C)C. The van der Waals surface area contributed by atoms with Gasteiger partial charge in [-0.25, -0.2) is 0 Å². The van der Waals surface area contributed by atoms with Crippen LogP contribution in [-0.4, -0.2) is 22.8 Å². The van der Waals surface area contributed by atoms with Crippen molar-refractivity contribution in [2.24, 2.45) is 16.9 Å². The first-order valence-electron chi connectivity index (χ1n) is 6.37. The van der Waals surface area contributed by atoms with E-state index in [1.807, 2.05) is 0 Å². The van der Waals surface area contributed by atoms with Gasteiger partial charge in [-0.15, -0.1) is 0 Å². The molecular weight excluding hydrogens is 184 g/mol. The van der Waals surface area contributed by atoms with Gasteiger partial charge < -0.3 is 0 Å². The second kappa shape index (κ2) is 5.00. The van der Waals surface area contributed by atoms with Crippen LogP contribution in [0.2, 0.25) is 0 Å². The van der Waals surface area contributed by atoms with Gasteiger partial charge >= 0.3 is 0 Å². The van der Waals surface area contributed by atoms with Crippen LogP contribution >= 0.6 is 0 Å². The van der Waals surface area contributed by atoms with Gasteiger partial charge in [0, 0.05) is 5.71 Å². The number of hydrogen-bond acceptors (Lipinski definition) is 2. The van der Waals surface area contributed by atoms with E-state index in [1.165, 1.54) is 5.71 Å². The molecule has 1 aliphatic rings. The van der Waals surface area contributed by atoms with Crippen LogP contribution in [-0.2, 0) is 0 Å². The van der Waals surface area contributed by atoms with Gasteiger partial charge in [-0.05, 0) is 24.7 Å². The summed E-state index contributed by atoms with van der Waals surface area (Å²) in [4.78, 5) is 0. The van der Waals surface area contributed by atoms with Crippen LogP contribution in [0, 0.1) is 11.8 Å². The number of rotatable bonds is 5. The molecule has 0 aromatic carbocycles. The van der Waals surface area contributed by atoms with Gasteiger partial charge in [0.05, 0.1) is 12.1 Å². The Morgan fingerprint density at radius 3 is 1.67 bits per heavy atom. The minimum absolute atomic E-state index is 0.679. The summed E-state index contributed by atoms with van der Waals surface area (Å²) in [5.74, 6) is 1.44. The zero-order valence-electron chi connectivity index (χ0n) is 11.1. The van der Waals surface area contributed by atoms with Crippen molar-refractivity contribution in [3.05, 3.63) is 0 Å². The highest BCUT2D eigenvalue weighted by atomic mass is 15.6. The molecule has 1 heterocycles. The second-order valence-corrected chi connectivity index (χ2v) is 5.22. The van der Waals surface area contributed by atoms with E-state index in [4.69, 9.17) is 5.10 Å². The third-order valence-electron chi connectivity index (χ3n) is 3.31. The summed E-state index contributed by atoms with van der Waals surface area (Å²) in [6.07, 6.45) is 2.17. The normalized spacial score (nSPS) is 24.9. The quantitative estimate of drug-likeness (QED) is 0.500. The van der Waals surface area contributed by atoms with Gasteiger partial charge in [-0.3, -0.25) is 5.01 Å². The Bertz CT molecular complexity index is 211. The van der Waals surface area contributed by atoms with Crippen LogP contribution in [0.4, 0.5) is 0 Å². The first-order chi connectivity index (χ1) is 7.02. The van der Waals surface area contributed by atoms with Crippen molar-refractivity contribution in [3.8, 4) is 0 Å². The maximum atomic E-state index is 4.78. The summed E-state index contributed by atoms with van der Waals surface area (Å²) in [5.41, 5.74) is 1.34. The summed E-state index contributed by atoms with van der Waals surface area (Å²) in [7, 11) is 0. The lowest BCUT2D eigenvalue weighted by Gasteiger charge is -2.05. The van der Waals surface area contributed by atoms with Crippen molar-refractivity contribution in [1.29, 1.82) is 0 Å². The fraction of sp³-hybridized carbons (Fsp3) is 0.923. The third-order valence-corrected chi connectivity index (χ3v) is 3.31. The van der Waals surface area contributed by atoms with Crippen LogP contribution in [0.5, 0.6) is 0 Å². The Morgan fingerprint density at radius 2 is 1.40 bits per heavy atom. The first-order valence-corrected chi connectivity index (χ1v) is 6.37. The molecule has 0 radical (unpaired) electrons. The van der Waals surface area contributed by atoms with E-state index < -0.39 is 0 Å². The smallest absolute Gasteiger partial charge is 0.0720 e. The molecule has 1 fully saturated rings. The van der Waals surface area contributed by atoms with Gasteiger partial charge in [-0.2, -0.15) is 5.10 Å². The van der Waals surface area contributed by atoms with E-state index in [1.54, 1.807) is 0 Å². The summed E-state index contributed by atoms with van der Waals surface area (Å²) in [5, 5.41) is 7.11. The van der Waals surface area contributed by atoms with E-state index in [2.05, 4.69) is 46.6 Å². The van der Waals surface area contributed by atoms with Crippen molar-refractivity contribution in [1.82, 2.24) is 5.01 Å². The zero-order chi connectivity index (χ0) is 11.6. The molecule has 0 spiro atoms. The molecule has 0 unspecified atom stereocenters. The van der Waals surface area contributed by atoms with Crippen LogP contribution in [0.3, 0.4) is 0 Å². The fourth-order valence-electron chi connectivity index (χ4n) is 2.34. The van der Waals surface area contributed by atoms with Crippen molar-refractivity contribution >= 4 is 5.71 Å². The Morgan fingerprint density at radius 1 is 1.00 bits per heavy atom. The van der Waals surface area contributed by atoms with Crippen LogP contribution in [0.25, 0.3) is 0 Å². The Balaban J connectivity index is 2.67. The number of hydrazone groups is 1. The Kier molecular flexibility index (Phi) is 4.18. The highest BCUT2D eigenvalue weighted by Crippen LogP contribution is 2.39. The molecule has 2 heteroatoms. The molecule has 1 saturated heterocycles. The van der Waals surface area contributed by atoms with Gasteiger partial charge in [0.1, 0.15) is 0 Å². The zero-order valence-corrected chi connectivity index (χ0v) is 11.1. The summed E-state index contributed by atoms with van der Waals surface area (Å²) in [6.45, 7) is 13.6. The van der Waals surface area contributed by atoms with E-state index in [9.17, 15) is 0 Å². The molecule has 0 N–H and O–H groups in total. The van der Waals surface area contributed by atoms with Crippen molar-refractivity contribution < 1.29 is 0 Å². The number of nitrogens with zero attached hydrogens (tertiary/aromatic N) is 2. The molecule has 0 saturated carbocycles. The first kappa shape index (κ1) is 12.5. The van der Waals surface area contributed by atoms with Gasteiger partial charge in [0.25, 0.3) is 0 Å². The van der Waals surface area contributed by atoms with E-state index >= 15 is 0 Å². The minimum atomic E-state index is 0.679. The average molecular weight is 210 g/mol. The lowest BCUT2D eigenvalue weighted by Crippen LogP contribution is -2.07. The molecule has 0 aromatic rings. The summed E-state index contributed by atoms with van der Waals surface area (Å²) in [6, 6.07) is 1.36. The van der Waals surface area contributed by atoms with Crippen LogP contribution in [0.15, 0.2) is 5.10 Å². The number of hydrogen-bond donors (Lipinski definition) is 0. The van der Waals surface area contributed by atoms with Gasteiger partial charge in [-0.1, -0.05) is 41.5 Å². The maximum absolute atomic E-state index is 4.78. The largest absolute Gasteiger partial charge is 0.286 e. The van der Waals surface area contributed by atoms with Crippen molar-refractivity contribution in [2.45, 2.75) is 66.5 Å². The molecule has 1 rings (SSSR count). The second-order valence-electron chi connectivity index (χ2n) is 5.22.